The summed E-state index contributed by atoms with van der Waals surface area (Å²) < 4.78 is 0. The molecular formula is C28H44O2. The Morgan fingerprint density at radius 1 is 1.10 bits per heavy atom. The zero-order chi connectivity index (χ0) is 21.7. The molecule has 0 aromatic rings. The molecule has 2 heteroatoms. The average Bonchev–Trinajstić information content (AvgIpc) is 3.05. The topological polar surface area (TPSA) is 37.3 Å². The number of allylic oxidation sites excluding steroid dienone is 4. The van der Waals surface area contributed by atoms with E-state index in [4.69, 9.17) is 0 Å². The summed E-state index contributed by atoms with van der Waals surface area (Å²) in [4.78, 5) is 12.1. The van der Waals surface area contributed by atoms with Crippen LogP contribution >= 0.6 is 0 Å². The summed E-state index contributed by atoms with van der Waals surface area (Å²) in [6.45, 7) is 11.6. The van der Waals surface area contributed by atoms with E-state index in [1.165, 1.54) is 25.7 Å². The summed E-state index contributed by atoms with van der Waals surface area (Å²) in [5.74, 6) is 4.27. The van der Waals surface area contributed by atoms with Gasteiger partial charge in [-0.25, -0.2) is 0 Å². The highest BCUT2D eigenvalue weighted by Gasteiger charge is 2.57. The van der Waals surface area contributed by atoms with E-state index in [1.807, 2.05) is 6.92 Å². The third kappa shape index (κ3) is 3.65. The number of aliphatic hydroxyl groups is 1. The van der Waals surface area contributed by atoms with Crippen molar-refractivity contribution in [2.75, 3.05) is 0 Å². The van der Waals surface area contributed by atoms with Crippen molar-refractivity contribution in [2.24, 2.45) is 46.3 Å². The van der Waals surface area contributed by atoms with Crippen LogP contribution in [0.1, 0.15) is 92.4 Å². The van der Waals surface area contributed by atoms with Gasteiger partial charge in [0.1, 0.15) is 5.78 Å². The monoisotopic (exact) mass is 412 g/mol. The number of rotatable bonds is 5. The summed E-state index contributed by atoms with van der Waals surface area (Å²) in [7, 11) is 0. The first-order valence-corrected chi connectivity index (χ1v) is 12.7. The fraction of sp³-hybridized carbons (Fsp3) is 0.821. The molecule has 0 heterocycles. The Hall–Kier alpha value is -0.890. The van der Waals surface area contributed by atoms with Crippen molar-refractivity contribution in [1.82, 2.24) is 0 Å². The van der Waals surface area contributed by atoms with Crippen molar-refractivity contribution >= 4 is 5.78 Å². The molecule has 1 N–H and O–H groups in total. The Bertz CT molecular complexity index is 718. The summed E-state index contributed by atoms with van der Waals surface area (Å²) in [5, 5.41) is 9.76. The molecule has 9 atom stereocenters. The molecular weight excluding hydrogens is 368 g/mol. The summed E-state index contributed by atoms with van der Waals surface area (Å²) in [6.07, 6.45) is 17.4. The summed E-state index contributed by atoms with van der Waals surface area (Å²) in [5.41, 5.74) is 2.58. The van der Waals surface area contributed by atoms with Crippen LogP contribution in [0.15, 0.2) is 23.8 Å². The molecule has 0 radical (unpaired) electrons. The van der Waals surface area contributed by atoms with Gasteiger partial charge in [-0.3, -0.25) is 4.79 Å². The van der Waals surface area contributed by atoms with E-state index < -0.39 is 0 Å². The number of aliphatic hydroxyl groups excluding tert-OH is 1. The van der Waals surface area contributed by atoms with E-state index in [0.717, 1.165) is 49.9 Å². The van der Waals surface area contributed by atoms with E-state index in [9.17, 15) is 9.90 Å². The lowest BCUT2D eigenvalue weighted by Crippen LogP contribution is -2.49. The first-order chi connectivity index (χ1) is 14.2. The highest BCUT2D eigenvalue weighted by Crippen LogP contribution is 2.66. The van der Waals surface area contributed by atoms with Crippen molar-refractivity contribution < 1.29 is 9.90 Å². The van der Waals surface area contributed by atoms with E-state index in [-0.39, 0.29) is 6.10 Å². The molecule has 0 unspecified atom stereocenters. The Morgan fingerprint density at radius 3 is 2.57 bits per heavy atom. The maximum absolute atomic E-state index is 12.1. The molecule has 4 rings (SSSR count). The van der Waals surface area contributed by atoms with Gasteiger partial charge in [0.25, 0.3) is 0 Å². The molecule has 0 bridgehead atoms. The van der Waals surface area contributed by atoms with Crippen molar-refractivity contribution in [1.29, 1.82) is 0 Å². The van der Waals surface area contributed by atoms with E-state index in [0.29, 0.717) is 34.4 Å². The van der Waals surface area contributed by atoms with Gasteiger partial charge >= 0.3 is 0 Å². The zero-order valence-electron chi connectivity index (χ0n) is 20.0. The standard InChI is InChI=1S/C28H44O2/c1-18(20(3)29)7-6-8-19(2)24-11-12-25-23-10-9-21-17-22(30)13-15-27(21,4)26(23)14-16-28(24,25)5/h6,8,10,18-21,24-26,29H,7,9,11-17H2,1-5H3/t18-,19+,20-,21-,24+,25-,26-,27-,28+/m0/s1. The highest BCUT2D eigenvalue weighted by atomic mass is 16.3. The first-order valence-electron chi connectivity index (χ1n) is 12.7. The lowest BCUT2D eigenvalue weighted by Gasteiger charge is -2.57. The van der Waals surface area contributed by atoms with E-state index in [1.54, 1.807) is 5.57 Å². The molecule has 3 fully saturated rings. The molecule has 0 saturated heterocycles. The van der Waals surface area contributed by atoms with Gasteiger partial charge in [0.2, 0.25) is 0 Å². The third-order valence-electron chi connectivity index (χ3n) is 10.4. The highest BCUT2D eigenvalue weighted by molar-refractivity contribution is 5.79. The van der Waals surface area contributed by atoms with Crippen LogP contribution in [0.4, 0.5) is 0 Å². The Balaban J connectivity index is 1.50. The summed E-state index contributed by atoms with van der Waals surface area (Å²) in [6, 6.07) is 0. The van der Waals surface area contributed by atoms with Crippen molar-refractivity contribution in [3.05, 3.63) is 23.8 Å². The molecule has 0 aromatic carbocycles. The molecule has 30 heavy (non-hydrogen) atoms. The molecule has 4 aliphatic carbocycles. The fourth-order valence-electron chi connectivity index (χ4n) is 8.05. The minimum Gasteiger partial charge on any atom is -0.393 e. The second-order valence-electron chi connectivity index (χ2n) is 12.0. The van der Waals surface area contributed by atoms with Crippen LogP contribution in [0.25, 0.3) is 0 Å². The van der Waals surface area contributed by atoms with Gasteiger partial charge < -0.3 is 5.11 Å². The lowest BCUT2D eigenvalue weighted by molar-refractivity contribution is -0.127. The summed E-state index contributed by atoms with van der Waals surface area (Å²) >= 11 is 0. The van der Waals surface area contributed by atoms with E-state index >= 15 is 0 Å². The molecule has 2 nitrogen and oxygen atoms in total. The van der Waals surface area contributed by atoms with Gasteiger partial charge in [-0.1, -0.05) is 51.5 Å². The predicted molar refractivity (Wildman–Crippen MR) is 124 cm³/mol. The third-order valence-corrected chi connectivity index (χ3v) is 10.4. The number of fused-ring (bicyclic) bond motifs is 5. The Kier molecular flexibility index (Phi) is 6.12. The molecule has 0 spiro atoms. The quantitative estimate of drug-likeness (QED) is 0.508. The zero-order valence-corrected chi connectivity index (χ0v) is 20.0. The minimum atomic E-state index is -0.230. The average molecular weight is 413 g/mol. The lowest BCUT2D eigenvalue weighted by atomic mass is 9.48. The smallest absolute Gasteiger partial charge is 0.133 e. The molecule has 0 amide bonds. The SMILES string of the molecule is C[C@H](O)[C@@H](C)CC=C[C@@H](C)[C@H]1CC[C@H]2C3=CC[C@H]4CC(=O)CC[C@]4(C)[C@H]3CC[C@]12C. The van der Waals surface area contributed by atoms with Gasteiger partial charge in [0, 0.05) is 12.8 Å². The van der Waals surface area contributed by atoms with Crippen molar-refractivity contribution in [3.63, 3.8) is 0 Å². The van der Waals surface area contributed by atoms with Crippen LogP contribution in [0, 0.1) is 46.3 Å². The molecule has 0 aliphatic heterocycles. The predicted octanol–water partition coefficient (Wildman–Crippen LogP) is 6.73. The number of Topliss-reactive ketones (excluding diaryl/α,β-unsaturated/α-hetero) is 1. The molecule has 168 valence electrons. The van der Waals surface area contributed by atoms with Crippen LogP contribution < -0.4 is 0 Å². The number of carbonyl (C=O) groups excluding carboxylic acids is 1. The maximum Gasteiger partial charge on any atom is 0.133 e. The number of hydrogen-bond acceptors (Lipinski definition) is 2. The van der Waals surface area contributed by atoms with Gasteiger partial charge in [0.15, 0.2) is 0 Å². The minimum absolute atomic E-state index is 0.230. The normalized spacial score (nSPS) is 44.1. The van der Waals surface area contributed by atoms with Gasteiger partial charge in [0.05, 0.1) is 6.10 Å². The Morgan fingerprint density at radius 2 is 1.83 bits per heavy atom. The second-order valence-corrected chi connectivity index (χ2v) is 12.0. The van der Waals surface area contributed by atoms with Gasteiger partial charge in [-0.05, 0) is 98.2 Å². The van der Waals surface area contributed by atoms with Gasteiger partial charge in [-0.2, -0.15) is 0 Å². The number of carbonyl (C=O) groups is 1. The van der Waals surface area contributed by atoms with E-state index in [2.05, 4.69) is 45.9 Å². The molecule has 0 aromatic heterocycles. The van der Waals surface area contributed by atoms with Crippen molar-refractivity contribution in [3.8, 4) is 0 Å². The van der Waals surface area contributed by atoms with Crippen LogP contribution in [-0.4, -0.2) is 17.0 Å². The Labute approximate surface area is 184 Å². The van der Waals surface area contributed by atoms with Crippen LogP contribution in [0.3, 0.4) is 0 Å². The second kappa shape index (κ2) is 8.23. The largest absolute Gasteiger partial charge is 0.393 e. The number of ketones is 1. The fourth-order valence-corrected chi connectivity index (χ4v) is 8.05. The van der Waals surface area contributed by atoms with Gasteiger partial charge in [-0.15, -0.1) is 0 Å². The number of hydrogen-bond donors (Lipinski definition) is 1. The van der Waals surface area contributed by atoms with Crippen molar-refractivity contribution in [2.45, 2.75) is 98.5 Å². The molecule has 4 aliphatic rings. The van der Waals surface area contributed by atoms with Crippen LogP contribution in [-0.2, 0) is 4.79 Å². The maximum atomic E-state index is 12.1. The van der Waals surface area contributed by atoms with Crippen LogP contribution in [0.5, 0.6) is 0 Å². The molecule has 3 saturated carbocycles. The first kappa shape index (κ1) is 22.3. The van der Waals surface area contributed by atoms with Crippen LogP contribution in [0.2, 0.25) is 0 Å².